The fourth-order valence-electron chi connectivity index (χ4n) is 1.49. The van der Waals surface area contributed by atoms with Crippen LogP contribution in [0, 0.1) is 0 Å². The zero-order chi connectivity index (χ0) is 13.9. The van der Waals surface area contributed by atoms with Gasteiger partial charge >= 0.3 is 0 Å². The minimum atomic E-state index is -0.113. The topological polar surface area (TPSA) is 77.4 Å². The third-order valence-corrected chi connectivity index (χ3v) is 2.41. The SMILES string of the molecule is COCCCn1ccc(NC(=O)CNCCOC)n1. The predicted octanol–water partition coefficient (Wildman–Crippen LogP) is 0.0941. The van der Waals surface area contributed by atoms with Gasteiger partial charge in [-0.3, -0.25) is 9.48 Å². The van der Waals surface area contributed by atoms with E-state index in [9.17, 15) is 4.79 Å². The van der Waals surface area contributed by atoms with Crippen molar-refractivity contribution in [1.82, 2.24) is 15.1 Å². The van der Waals surface area contributed by atoms with Crippen molar-refractivity contribution in [2.45, 2.75) is 13.0 Å². The van der Waals surface area contributed by atoms with E-state index in [0.29, 0.717) is 25.6 Å². The molecule has 1 heterocycles. The van der Waals surface area contributed by atoms with Crippen molar-refractivity contribution in [2.75, 3.05) is 45.8 Å². The number of nitrogens with one attached hydrogen (secondary N) is 2. The Labute approximate surface area is 113 Å². The highest BCUT2D eigenvalue weighted by Gasteiger charge is 2.04. The Morgan fingerprint density at radius 3 is 2.89 bits per heavy atom. The number of carbonyl (C=O) groups excluding carboxylic acids is 1. The van der Waals surface area contributed by atoms with E-state index in [-0.39, 0.29) is 12.5 Å². The van der Waals surface area contributed by atoms with Crippen molar-refractivity contribution >= 4 is 11.7 Å². The number of ether oxygens (including phenoxy) is 2. The van der Waals surface area contributed by atoms with Crippen molar-refractivity contribution in [1.29, 1.82) is 0 Å². The van der Waals surface area contributed by atoms with Crippen LogP contribution in [0.2, 0.25) is 0 Å². The lowest BCUT2D eigenvalue weighted by Gasteiger charge is -2.04. The van der Waals surface area contributed by atoms with E-state index in [2.05, 4.69) is 15.7 Å². The van der Waals surface area contributed by atoms with E-state index in [0.717, 1.165) is 13.0 Å². The van der Waals surface area contributed by atoms with Crippen molar-refractivity contribution in [3.05, 3.63) is 12.3 Å². The van der Waals surface area contributed by atoms with Gasteiger partial charge in [-0.05, 0) is 6.42 Å². The first kappa shape index (κ1) is 15.6. The molecule has 0 saturated carbocycles. The Hall–Kier alpha value is -1.44. The quantitative estimate of drug-likeness (QED) is 0.589. The monoisotopic (exact) mass is 270 g/mol. The second-order valence-corrected chi connectivity index (χ2v) is 4.03. The van der Waals surface area contributed by atoms with Crippen LogP contribution in [0.1, 0.15) is 6.42 Å². The summed E-state index contributed by atoms with van der Waals surface area (Å²) >= 11 is 0. The maximum atomic E-state index is 11.6. The molecule has 1 aromatic heterocycles. The summed E-state index contributed by atoms with van der Waals surface area (Å²) in [6.07, 6.45) is 2.73. The molecule has 0 bridgehead atoms. The molecule has 0 spiro atoms. The Morgan fingerprint density at radius 2 is 2.16 bits per heavy atom. The molecule has 0 aromatic carbocycles. The van der Waals surface area contributed by atoms with Crippen LogP contribution in [-0.4, -0.2) is 56.2 Å². The summed E-state index contributed by atoms with van der Waals surface area (Å²) in [5.74, 6) is 0.453. The van der Waals surface area contributed by atoms with Gasteiger partial charge in [0.15, 0.2) is 5.82 Å². The van der Waals surface area contributed by atoms with E-state index in [4.69, 9.17) is 9.47 Å². The van der Waals surface area contributed by atoms with E-state index in [1.165, 1.54) is 0 Å². The highest BCUT2D eigenvalue weighted by molar-refractivity contribution is 5.91. The Morgan fingerprint density at radius 1 is 1.37 bits per heavy atom. The first-order valence-electron chi connectivity index (χ1n) is 6.28. The number of rotatable bonds is 10. The van der Waals surface area contributed by atoms with Crippen molar-refractivity contribution < 1.29 is 14.3 Å². The number of hydrogen-bond acceptors (Lipinski definition) is 5. The zero-order valence-corrected chi connectivity index (χ0v) is 11.5. The van der Waals surface area contributed by atoms with Gasteiger partial charge < -0.3 is 20.1 Å². The van der Waals surface area contributed by atoms with Crippen LogP contribution in [-0.2, 0) is 20.8 Å². The molecule has 19 heavy (non-hydrogen) atoms. The van der Waals surface area contributed by atoms with Crippen LogP contribution >= 0.6 is 0 Å². The maximum Gasteiger partial charge on any atom is 0.239 e. The largest absolute Gasteiger partial charge is 0.385 e. The van der Waals surface area contributed by atoms with Gasteiger partial charge in [0.25, 0.3) is 0 Å². The highest BCUT2D eigenvalue weighted by Crippen LogP contribution is 2.02. The molecule has 0 radical (unpaired) electrons. The van der Waals surface area contributed by atoms with Crippen LogP contribution in [0.15, 0.2) is 12.3 Å². The molecule has 1 aromatic rings. The Balaban J connectivity index is 2.22. The van der Waals surface area contributed by atoms with Crippen LogP contribution in [0.25, 0.3) is 0 Å². The maximum absolute atomic E-state index is 11.6. The molecule has 7 heteroatoms. The summed E-state index contributed by atoms with van der Waals surface area (Å²) in [5.41, 5.74) is 0. The molecule has 0 saturated heterocycles. The highest BCUT2D eigenvalue weighted by atomic mass is 16.5. The molecule has 0 atom stereocenters. The van der Waals surface area contributed by atoms with E-state index < -0.39 is 0 Å². The smallest absolute Gasteiger partial charge is 0.239 e. The molecule has 108 valence electrons. The standard InChI is InChI=1S/C12H22N4O3/c1-18-8-3-6-16-7-4-11(15-16)14-12(17)10-13-5-9-19-2/h4,7,13H,3,5-6,8-10H2,1-2H3,(H,14,15,17). The zero-order valence-electron chi connectivity index (χ0n) is 11.5. The molecule has 7 nitrogen and oxygen atoms in total. The average molecular weight is 270 g/mol. The summed E-state index contributed by atoms with van der Waals surface area (Å²) in [6, 6.07) is 1.78. The predicted molar refractivity (Wildman–Crippen MR) is 72.1 cm³/mol. The molecule has 0 fully saturated rings. The first-order chi connectivity index (χ1) is 9.26. The first-order valence-corrected chi connectivity index (χ1v) is 6.28. The number of amides is 1. The summed E-state index contributed by atoms with van der Waals surface area (Å²) < 4.78 is 11.6. The second-order valence-electron chi connectivity index (χ2n) is 4.03. The van der Waals surface area contributed by atoms with Crippen molar-refractivity contribution in [3.8, 4) is 0 Å². The summed E-state index contributed by atoms with van der Waals surface area (Å²) in [4.78, 5) is 11.6. The third-order valence-electron chi connectivity index (χ3n) is 2.41. The minimum absolute atomic E-state index is 0.113. The number of aromatic nitrogens is 2. The molecule has 0 unspecified atom stereocenters. The lowest BCUT2D eigenvalue weighted by Crippen LogP contribution is -2.30. The van der Waals surface area contributed by atoms with Crippen LogP contribution in [0.3, 0.4) is 0 Å². The molecule has 0 aliphatic heterocycles. The lowest BCUT2D eigenvalue weighted by atomic mass is 10.4. The molecule has 1 rings (SSSR count). The van der Waals surface area contributed by atoms with Gasteiger partial charge in [-0.1, -0.05) is 0 Å². The number of nitrogens with zero attached hydrogens (tertiary/aromatic N) is 2. The lowest BCUT2D eigenvalue weighted by molar-refractivity contribution is -0.115. The van der Waals surface area contributed by atoms with Gasteiger partial charge in [-0.15, -0.1) is 0 Å². The molecule has 0 aliphatic rings. The summed E-state index contributed by atoms with van der Waals surface area (Å²) in [5, 5.41) is 9.93. The molecular weight excluding hydrogens is 248 g/mol. The van der Waals surface area contributed by atoms with Crippen molar-refractivity contribution in [3.63, 3.8) is 0 Å². The fraction of sp³-hybridized carbons (Fsp3) is 0.667. The molecule has 1 amide bonds. The number of aryl methyl sites for hydroxylation is 1. The van der Waals surface area contributed by atoms with Crippen LogP contribution < -0.4 is 10.6 Å². The number of anilines is 1. The van der Waals surface area contributed by atoms with E-state index >= 15 is 0 Å². The van der Waals surface area contributed by atoms with E-state index in [1.54, 1.807) is 25.0 Å². The summed E-state index contributed by atoms with van der Waals surface area (Å²) in [7, 11) is 3.29. The van der Waals surface area contributed by atoms with E-state index in [1.807, 2.05) is 6.20 Å². The third kappa shape index (κ3) is 6.90. The van der Waals surface area contributed by atoms with Crippen LogP contribution in [0.5, 0.6) is 0 Å². The number of methoxy groups -OCH3 is 2. The minimum Gasteiger partial charge on any atom is -0.385 e. The molecule has 0 aliphatic carbocycles. The van der Waals surface area contributed by atoms with Gasteiger partial charge in [-0.2, -0.15) is 5.10 Å². The van der Waals surface area contributed by atoms with Gasteiger partial charge in [0.05, 0.1) is 13.2 Å². The Kier molecular flexibility index (Phi) is 7.80. The van der Waals surface area contributed by atoms with Gasteiger partial charge in [-0.25, -0.2) is 0 Å². The normalized spacial score (nSPS) is 10.6. The molecule has 2 N–H and O–H groups in total. The summed E-state index contributed by atoms with van der Waals surface area (Å²) in [6.45, 7) is 2.96. The van der Waals surface area contributed by atoms with Gasteiger partial charge in [0.2, 0.25) is 5.91 Å². The number of carbonyl (C=O) groups is 1. The average Bonchev–Trinajstić information content (AvgIpc) is 2.83. The molecular formula is C12H22N4O3. The van der Waals surface area contributed by atoms with Gasteiger partial charge in [0, 0.05) is 46.2 Å². The second kappa shape index (κ2) is 9.48. The van der Waals surface area contributed by atoms with Crippen molar-refractivity contribution in [2.24, 2.45) is 0 Å². The van der Waals surface area contributed by atoms with Gasteiger partial charge in [0.1, 0.15) is 0 Å². The number of hydrogen-bond donors (Lipinski definition) is 2. The van der Waals surface area contributed by atoms with Crippen LogP contribution in [0.4, 0.5) is 5.82 Å². The fourth-order valence-corrected chi connectivity index (χ4v) is 1.49. The Bertz CT molecular complexity index is 368.